The fourth-order valence-electron chi connectivity index (χ4n) is 6.65. The molecule has 0 radical (unpaired) electrons. The fourth-order valence-corrected chi connectivity index (χ4v) is 7.63. The van der Waals surface area contributed by atoms with E-state index in [1.807, 2.05) is 62.1 Å². The molecule has 1 saturated heterocycles. The van der Waals surface area contributed by atoms with E-state index >= 15 is 0 Å². The number of benzene rings is 2. The van der Waals surface area contributed by atoms with E-state index in [1.165, 1.54) is 0 Å². The zero-order chi connectivity index (χ0) is 32.8. The number of hydrogen-bond acceptors (Lipinski definition) is 7. The highest BCUT2D eigenvalue weighted by Gasteiger charge is 2.47. The van der Waals surface area contributed by atoms with Crippen molar-refractivity contribution in [2.45, 2.75) is 115 Å². The lowest BCUT2D eigenvalue weighted by Crippen LogP contribution is -2.54. The first-order valence-corrected chi connectivity index (χ1v) is 17.7. The Labute approximate surface area is 279 Å². The number of carbonyl (C=O) groups is 1. The third kappa shape index (κ3) is 8.16. The van der Waals surface area contributed by atoms with Crippen LogP contribution < -0.4 is 19.9 Å². The van der Waals surface area contributed by atoms with Gasteiger partial charge in [0.2, 0.25) is 0 Å². The number of para-hydroxylation sites is 1. The van der Waals surface area contributed by atoms with E-state index in [0.717, 1.165) is 50.2 Å². The number of fused-ring (bicyclic) bond motifs is 1. The molecule has 250 valence electrons. The van der Waals surface area contributed by atoms with Crippen molar-refractivity contribution in [3.63, 3.8) is 0 Å². The minimum atomic E-state index is -0.565. The summed E-state index contributed by atoms with van der Waals surface area (Å²) < 4.78 is 26.0. The molecule has 8 nitrogen and oxygen atoms in total. The van der Waals surface area contributed by atoms with Crippen molar-refractivity contribution in [2.24, 2.45) is 5.73 Å². The summed E-state index contributed by atoms with van der Waals surface area (Å²) in [5.74, 6) is 1.98. The third-order valence-corrected chi connectivity index (χ3v) is 10.4. The summed E-state index contributed by atoms with van der Waals surface area (Å²) in [6, 6.07) is 13.5. The number of rotatable bonds is 14. The van der Waals surface area contributed by atoms with Crippen LogP contribution in [-0.4, -0.2) is 76.8 Å². The maximum Gasteiger partial charge on any atom is 0.254 e. The predicted octanol–water partition coefficient (Wildman–Crippen LogP) is 7.34. The van der Waals surface area contributed by atoms with E-state index in [1.54, 1.807) is 0 Å². The van der Waals surface area contributed by atoms with Gasteiger partial charge in [-0.25, -0.2) is 0 Å². The smallest absolute Gasteiger partial charge is 0.254 e. The molecule has 2 aliphatic rings. The van der Waals surface area contributed by atoms with Crippen LogP contribution in [0.4, 0.5) is 0 Å². The van der Waals surface area contributed by atoms with Crippen molar-refractivity contribution in [3.8, 4) is 17.2 Å². The van der Waals surface area contributed by atoms with E-state index in [2.05, 4.69) is 54.6 Å². The Balaban J connectivity index is 1.53. The van der Waals surface area contributed by atoms with Crippen molar-refractivity contribution in [2.75, 3.05) is 32.8 Å². The van der Waals surface area contributed by atoms with E-state index in [9.17, 15) is 4.79 Å². The van der Waals surface area contributed by atoms with Gasteiger partial charge in [0.1, 0.15) is 17.0 Å². The summed E-state index contributed by atoms with van der Waals surface area (Å²) >= 11 is 3.87. The lowest BCUT2D eigenvalue weighted by molar-refractivity contribution is -0.0770. The molecule has 2 aromatic carbocycles. The molecule has 2 aromatic rings. The monoisotopic (exact) mass is 687 g/mol. The fraction of sp³-hybridized carbons (Fsp3) is 0.639. The van der Waals surface area contributed by atoms with Gasteiger partial charge in [0.25, 0.3) is 5.91 Å². The third-order valence-electron chi connectivity index (χ3n) is 9.61. The van der Waals surface area contributed by atoms with Crippen LogP contribution in [0.25, 0.3) is 0 Å². The van der Waals surface area contributed by atoms with Crippen molar-refractivity contribution >= 4 is 21.8 Å². The summed E-state index contributed by atoms with van der Waals surface area (Å²) in [7, 11) is 0. The van der Waals surface area contributed by atoms with Gasteiger partial charge in [-0.1, -0.05) is 61.8 Å². The van der Waals surface area contributed by atoms with Crippen LogP contribution in [-0.2, 0) is 4.74 Å². The Kier molecular flexibility index (Phi) is 12.2. The zero-order valence-corrected chi connectivity index (χ0v) is 29.9. The van der Waals surface area contributed by atoms with Gasteiger partial charge < -0.3 is 34.5 Å². The SMILES string of the molecule is CCN(CC)CCOC1CC2(CCN(C(=O)c3ccc(OC(C)C)c(OC(CC)(CC)C(C)N)c3)C(Br)C2)Oc2ccccc21. The number of carbonyl (C=O) groups excluding carboxylic acids is 1. The maximum atomic E-state index is 14.0. The van der Waals surface area contributed by atoms with Crippen molar-refractivity contribution in [1.29, 1.82) is 0 Å². The lowest BCUT2D eigenvalue weighted by atomic mass is 9.81. The summed E-state index contributed by atoms with van der Waals surface area (Å²) in [4.78, 5) is 18.1. The summed E-state index contributed by atoms with van der Waals surface area (Å²) in [5, 5.41) is 0. The number of likely N-dealkylation sites (tertiary alicyclic amines) is 1. The molecule has 0 aliphatic carbocycles. The maximum absolute atomic E-state index is 14.0. The average Bonchev–Trinajstić information content (AvgIpc) is 3.02. The zero-order valence-electron chi connectivity index (χ0n) is 28.3. The van der Waals surface area contributed by atoms with Gasteiger partial charge in [0.05, 0.1) is 23.8 Å². The predicted molar refractivity (Wildman–Crippen MR) is 184 cm³/mol. The van der Waals surface area contributed by atoms with E-state index < -0.39 is 11.2 Å². The number of hydrogen-bond donors (Lipinski definition) is 1. The van der Waals surface area contributed by atoms with Crippen molar-refractivity contribution in [3.05, 3.63) is 53.6 Å². The molecule has 45 heavy (non-hydrogen) atoms. The molecule has 9 heteroatoms. The molecule has 2 heterocycles. The summed E-state index contributed by atoms with van der Waals surface area (Å²) in [5.41, 5.74) is 7.08. The van der Waals surface area contributed by atoms with Gasteiger partial charge >= 0.3 is 0 Å². The first-order valence-electron chi connectivity index (χ1n) is 16.8. The number of nitrogens with zero attached hydrogens (tertiary/aromatic N) is 2. The van der Waals surface area contributed by atoms with Gasteiger partial charge in [0, 0.05) is 49.5 Å². The topological polar surface area (TPSA) is 86.5 Å². The van der Waals surface area contributed by atoms with E-state index in [4.69, 9.17) is 24.7 Å². The molecular weight excluding hydrogens is 634 g/mol. The second kappa shape index (κ2) is 15.5. The Morgan fingerprint density at radius 2 is 1.80 bits per heavy atom. The molecule has 2 N–H and O–H groups in total. The van der Waals surface area contributed by atoms with Gasteiger partial charge in [-0.2, -0.15) is 0 Å². The number of alkyl halides is 1. The molecule has 1 fully saturated rings. The van der Waals surface area contributed by atoms with Crippen LogP contribution in [0.2, 0.25) is 0 Å². The Morgan fingerprint density at radius 1 is 1.09 bits per heavy atom. The van der Waals surface area contributed by atoms with Crippen LogP contribution in [0.1, 0.15) is 103 Å². The standard InChI is InChI=1S/C36H54BrN3O5/c1-8-36(9-2,26(7)38)45-31-22-27(16-17-30(31)43-25(5)6)34(41)40-19-18-35(24-33(40)37)23-32(42-21-20-39(10-3)11-4)28-14-12-13-15-29(28)44-35/h12-17,22,25-26,32-33H,8-11,18-21,23-24,38H2,1-7H3. The quantitative estimate of drug-likeness (QED) is 0.164. The molecule has 1 amide bonds. The normalized spacial score (nSPS) is 22.3. The molecule has 0 saturated carbocycles. The Hall–Kier alpha value is -2.33. The minimum Gasteiger partial charge on any atom is -0.487 e. The highest BCUT2D eigenvalue weighted by molar-refractivity contribution is 9.09. The highest BCUT2D eigenvalue weighted by atomic mass is 79.9. The van der Waals surface area contributed by atoms with Gasteiger partial charge in [0.15, 0.2) is 11.5 Å². The molecule has 4 atom stereocenters. The van der Waals surface area contributed by atoms with Gasteiger partial charge in [-0.05, 0) is 71.0 Å². The first kappa shape index (κ1) is 35.5. The molecule has 4 unspecified atom stereocenters. The Morgan fingerprint density at radius 3 is 2.42 bits per heavy atom. The minimum absolute atomic E-state index is 0.0438. The summed E-state index contributed by atoms with van der Waals surface area (Å²) in [6.07, 6.45) is 3.49. The number of nitrogens with two attached hydrogens (primary N) is 1. The van der Waals surface area contributed by atoms with E-state index in [-0.39, 0.29) is 29.1 Å². The van der Waals surface area contributed by atoms with E-state index in [0.29, 0.717) is 43.1 Å². The number of amides is 1. The molecule has 1 spiro atoms. The number of likely N-dealkylation sites (N-methyl/N-ethyl adjacent to an activating group) is 1. The highest BCUT2D eigenvalue weighted by Crippen LogP contribution is 2.48. The average molecular weight is 689 g/mol. The molecule has 4 rings (SSSR count). The van der Waals surface area contributed by atoms with Crippen LogP contribution in [0.15, 0.2) is 42.5 Å². The van der Waals surface area contributed by atoms with Crippen molar-refractivity contribution in [1.82, 2.24) is 9.80 Å². The number of piperidine rings is 1. The second-order valence-electron chi connectivity index (χ2n) is 12.8. The van der Waals surface area contributed by atoms with Crippen LogP contribution in [0, 0.1) is 0 Å². The van der Waals surface area contributed by atoms with Crippen LogP contribution >= 0.6 is 15.9 Å². The molecule has 0 aromatic heterocycles. The Bertz CT molecular complexity index is 1270. The lowest BCUT2D eigenvalue weighted by Gasteiger charge is -2.48. The van der Waals surface area contributed by atoms with Crippen LogP contribution in [0.3, 0.4) is 0 Å². The van der Waals surface area contributed by atoms with Gasteiger partial charge in [-0.3, -0.25) is 4.79 Å². The largest absolute Gasteiger partial charge is 0.487 e. The molecule has 2 aliphatic heterocycles. The number of halogens is 1. The summed E-state index contributed by atoms with van der Waals surface area (Å²) in [6.45, 7) is 18.6. The van der Waals surface area contributed by atoms with Crippen molar-refractivity contribution < 1.29 is 23.7 Å². The molecular formula is C36H54BrN3O5. The van der Waals surface area contributed by atoms with Crippen LogP contribution in [0.5, 0.6) is 17.2 Å². The number of ether oxygens (including phenoxy) is 4. The second-order valence-corrected chi connectivity index (χ2v) is 13.8. The van der Waals surface area contributed by atoms with Gasteiger partial charge in [-0.15, -0.1) is 0 Å². The molecule has 0 bridgehead atoms. The first-order chi connectivity index (χ1) is 21.5.